The predicted molar refractivity (Wildman–Crippen MR) is 160 cm³/mol. The molecule has 0 heterocycles. The van der Waals surface area contributed by atoms with Gasteiger partial charge in [0.15, 0.2) is 0 Å². The molecule has 0 aromatic carbocycles. The Morgan fingerprint density at radius 2 is 1.00 bits per heavy atom. The Morgan fingerprint density at radius 1 is 0.611 bits per heavy atom. The number of hydrogen-bond acceptors (Lipinski definition) is 3. The first-order valence-electron chi connectivity index (χ1n) is 16.0. The van der Waals surface area contributed by atoms with E-state index in [2.05, 4.69) is 42.8 Å². The summed E-state index contributed by atoms with van der Waals surface area (Å²) < 4.78 is 4.67. The highest BCUT2D eigenvalue weighted by Crippen LogP contribution is 2.18. The molecule has 0 amide bonds. The lowest BCUT2D eigenvalue weighted by molar-refractivity contribution is -0.140. The zero-order valence-electron chi connectivity index (χ0n) is 25.2. The quantitative estimate of drug-likeness (QED) is 0.0599. The van der Waals surface area contributed by atoms with Gasteiger partial charge in [-0.3, -0.25) is 4.79 Å². The number of esters is 1. The van der Waals surface area contributed by atoms with Gasteiger partial charge < -0.3 is 9.64 Å². The van der Waals surface area contributed by atoms with E-state index >= 15 is 0 Å². The SMILES string of the molecule is CCCCCCCCCC(CCCCCCCCCCC=CCCCCCCCC(=O)OC)N(C)C. The predicted octanol–water partition coefficient (Wildman–Crippen LogP) is 10.4. The second-order valence-electron chi connectivity index (χ2n) is 11.3. The van der Waals surface area contributed by atoms with Crippen molar-refractivity contribution in [3.05, 3.63) is 12.2 Å². The van der Waals surface area contributed by atoms with Crippen molar-refractivity contribution in [1.29, 1.82) is 0 Å². The molecule has 0 aromatic heterocycles. The fourth-order valence-corrected chi connectivity index (χ4v) is 5.10. The Hall–Kier alpha value is -0.830. The Kier molecular flexibility index (Phi) is 28.1. The molecule has 1 atom stereocenters. The maximum atomic E-state index is 11.0. The van der Waals surface area contributed by atoms with Gasteiger partial charge in [0.2, 0.25) is 0 Å². The second kappa shape index (κ2) is 28.7. The summed E-state index contributed by atoms with van der Waals surface area (Å²) >= 11 is 0. The lowest BCUT2D eigenvalue weighted by Crippen LogP contribution is -2.27. The molecular weight excluding hydrogens is 442 g/mol. The molecule has 3 heteroatoms. The van der Waals surface area contributed by atoms with Crippen LogP contribution in [-0.2, 0) is 9.53 Å². The molecule has 0 aromatic rings. The molecular formula is C33H65NO2. The van der Waals surface area contributed by atoms with Crippen molar-refractivity contribution < 1.29 is 9.53 Å². The molecule has 0 spiro atoms. The molecule has 0 aliphatic carbocycles. The van der Waals surface area contributed by atoms with Crippen molar-refractivity contribution >= 4 is 5.97 Å². The van der Waals surface area contributed by atoms with Crippen molar-refractivity contribution in [2.45, 2.75) is 173 Å². The minimum atomic E-state index is -0.0733. The van der Waals surface area contributed by atoms with Gasteiger partial charge in [-0.2, -0.15) is 0 Å². The van der Waals surface area contributed by atoms with Crippen LogP contribution in [0.1, 0.15) is 167 Å². The largest absolute Gasteiger partial charge is 0.469 e. The first kappa shape index (κ1) is 35.2. The van der Waals surface area contributed by atoms with E-state index in [-0.39, 0.29) is 5.97 Å². The summed E-state index contributed by atoms with van der Waals surface area (Å²) in [5.41, 5.74) is 0. The average Bonchev–Trinajstić information content (AvgIpc) is 2.87. The van der Waals surface area contributed by atoms with Gasteiger partial charge in [0, 0.05) is 12.5 Å². The summed E-state index contributed by atoms with van der Waals surface area (Å²) in [6.07, 6.45) is 37.8. The maximum Gasteiger partial charge on any atom is 0.305 e. The summed E-state index contributed by atoms with van der Waals surface area (Å²) in [5, 5.41) is 0. The van der Waals surface area contributed by atoms with Gasteiger partial charge in [0.1, 0.15) is 0 Å². The first-order valence-corrected chi connectivity index (χ1v) is 16.0. The molecule has 214 valence electrons. The molecule has 0 N–H and O–H groups in total. The molecule has 0 fully saturated rings. The molecule has 3 nitrogen and oxygen atoms in total. The van der Waals surface area contributed by atoms with Gasteiger partial charge in [-0.15, -0.1) is 0 Å². The van der Waals surface area contributed by atoms with E-state index in [9.17, 15) is 4.79 Å². The zero-order chi connectivity index (χ0) is 26.5. The minimum Gasteiger partial charge on any atom is -0.469 e. The first-order chi connectivity index (χ1) is 17.6. The number of ether oxygens (including phenoxy) is 1. The van der Waals surface area contributed by atoms with E-state index < -0.39 is 0 Å². The van der Waals surface area contributed by atoms with Crippen LogP contribution in [0.25, 0.3) is 0 Å². The van der Waals surface area contributed by atoms with Gasteiger partial charge in [-0.1, -0.05) is 128 Å². The van der Waals surface area contributed by atoms with Crippen LogP contribution in [0, 0.1) is 0 Å². The lowest BCUT2D eigenvalue weighted by Gasteiger charge is -2.24. The normalized spacial score (nSPS) is 12.6. The van der Waals surface area contributed by atoms with Crippen molar-refractivity contribution in [2.75, 3.05) is 21.2 Å². The van der Waals surface area contributed by atoms with Gasteiger partial charge in [0.05, 0.1) is 7.11 Å². The number of carbonyl (C=O) groups is 1. The molecule has 1 unspecified atom stereocenters. The van der Waals surface area contributed by atoms with Crippen molar-refractivity contribution in [3.63, 3.8) is 0 Å². The fraction of sp³-hybridized carbons (Fsp3) is 0.909. The second-order valence-corrected chi connectivity index (χ2v) is 11.3. The highest BCUT2D eigenvalue weighted by Gasteiger charge is 2.10. The number of allylic oxidation sites excluding steroid dienone is 2. The molecule has 0 aliphatic heterocycles. The minimum absolute atomic E-state index is 0.0733. The smallest absolute Gasteiger partial charge is 0.305 e. The van der Waals surface area contributed by atoms with Gasteiger partial charge in [0.25, 0.3) is 0 Å². The third kappa shape index (κ3) is 26.2. The summed E-state index contributed by atoms with van der Waals surface area (Å²) in [4.78, 5) is 13.5. The van der Waals surface area contributed by atoms with E-state index in [4.69, 9.17) is 0 Å². The molecule has 0 saturated heterocycles. The number of rotatable bonds is 28. The maximum absolute atomic E-state index is 11.0. The summed E-state index contributed by atoms with van der Waals surface area (Å²) in [7, 11) is 6.02. The molecule has 0 saturated carbocycles. The van der Waals surface area contributed by atoms with Crippen LogP contribution < -0.4 is 0 Å². The number of nitrogens with zero attached hydrogens (tertiary/aromatic N) is 1. The molecule has 0 bridgehead atoms. The van der Waals surface area contributed by atoms with E-state index in [1.54, 1.807) is 0 Å². The lowest BCUT2D eigenvalue weighted by atomic mass is 9.99. The monoisotopic (exact) mass is 508 g/mol. The Labute approximate surface area is 227 Å². The zero-order valence-corrected chi connectivity index (χ0v) is 25.2. The van der Waals surface area contributed by atoms with Crippen LogP contribution in [-0.4, -0.2) is 38.1 Å². The highest BCUT2D eigenvalue weighted by atomic mass is 16.5. The summed E-state index contributed by atoms with van der Waals surface area (Å²) in [5.74, 6) is -0.0733. The van der Waals surface area contributed by atoms with E-state index in [1.807, 2.05) is 0 Å². The van der Waals surface area contributed by atoms with Crippen molar-refractivity contribution in [3.8, 4) is 0 Å². The van der Waals surface area contributed by atoms with Gasteiger partial charge in [-0.25, -0.2) is 0 Å². The summed E-state index contributed by atoms with van der Waals surface area (Å²) in [6, 6.07) is 0.798. The average molecular weight is 508 g/mol. The van der Waals surface area contributed by atoms with Crippen LogP contribution in [0.2, 0.25) is 0 Å². The van der Waals surface area contributed by atoms with Crippen LogP contribution in [0.15, 0.2) is 12.2 Å². The van der Waals surface area contributed by atoms with Gasteiger partial charge >= 0.3 is 5.97 Å². The topological polar surface area (TPSA) is 29.5 Å². The third-order valence-electron chi connectivity index (χ3n) is 7.68. The van der Waals surface area contributed by atoms with Crippen LogP contribution in [0.4, 0.5) is 0 Å². The molecule has 0 rings (SSSR count). The molecule has 0 aliphatic rings. The van der Waals surface area contributed by atoms with Crippen LogP contribution in [0.3, 0.4) is 0 Å². The number of carbonyl (C=O) groups excluding carboxylic acids is 1. The van der Waals surface area contributed by atoms with E-state index in [1.165, 1.54) is 148 Å². The van der Waals surface area contributed by atoms with Crippen LogP contribution >= 0.6 is 0 Å². The Morgan fingerprint density at radius 3 is 1.42 bits per heavy atom. The van der Waals surface area contributed by atoms with Crippen molar-refractivity contribution in [2.24, 2.45) is 0 Å². The standard InChI is InChI=1S/C33H65NO2/c1-5-6-7-8-20-23-26-29-32(34(2)3)30-27-24-21-18-16-14-12-10-9-11-13-15-17-19-22-25-28-31-33(35)36-4/h11,13,32H,5-10,12,14-31H2,1-4H3. The molecule has 0 radical (unpaired) electrons. The number of unbranched alkanes of at least 4 members (excludes halogenated alkanes) is 19. The van der Waals surface area contributed by atoms with Crippen molar-refractivity contribution in [1.82, 2.24) is 4.90 Å². The Bertz CT molecular complexity index is 474. The van der Waals surface area contributed by atoms with E-state index in [0.717, 1.165) is 18.9 Å². The highest BCUT2D eigenvalue weighted by molar-refractivity contribution is 5.68. The van der Waals surface area contributed by atoms with E-state index in [0.29, 0.717) is 6.42 Å². The Balaban J connectivity index is 3.39. The number of methoxy groups -OCH3 is 1. The third-order valence-corrected chi connectivity index (χ3v) is 7.68. The molecule has 36 heavy (non-hydrogen) atoms. The summed E-state index contributed by atoms with van der Waals surface area (Å²) in [6.45, 7) is 2.30. The van der Waals surface area contributed by atoms with Gasteiger partial charge in [-0.05, 0) is 59.0 Å². The van der Waals surface area contributed by atoms with Crippen LogP contribution in [0.5, 0.6) is 0 Å². The number of hydrogen-bond donors (Lipinski definition) is 0. The fourth-order valence-electron chi connectivity index (χ4n) is 5.10.